The van der Waals surface area contributed by atoms with E-state index in [0.29, 0.717) is 11.0 Å². The minimum Gasteiger partial charge on any atom is -0.481 e. The number of fused-ring (bicyclic) bond motifs is 1. The second-order valence-electron chi connectivity index (χ2n) is 8.87. The highest BCUT2D eigenvalue weighted by Gasteiger charge is 2.33. The maximum Gasteiger partial charge on any atom is 0.305 e. The fourth-order valence-electron chi connectivity index (χ4n) is 3.42. The van der Waals surface area contributed by atoms with Crippen molar-refractivity contribution in [2.75, 3.05) is 0 Å². The first-order valence-electron chi connectivity index (χ1n) is 10.9. The zero-order chi connectivity index (χ0) is 26.3. The van der Waals surface area contributed by atoms with Crippen molar-refractivity contribution in [3.8, 4) is 0 Å². The molecule has 35 heavy (non-hydrogen) atoms. The van der Waals surface area contributed by atoms with Crippen LogP contribution in [0, 0.1) is 5.92 Å². The number of benzene rings is 1. The Hall–Kier alpha value is -3.93. The molecule has 2 rings (SSSR count). The Kier molecular flexibility index (Phi) is 8.95. The van der Waals surface area contributed by atoms with Gasteiger partial charge in [0.25, 0.3) is 5.91 Å². The van der Waals surface area contributed by atoms with Crippen LogP contribution < -0.4 is 21.7 Å². The Morgan fingerprint density at radius 3 is 2.29 bits per heavy atom. The SMILES string of the molecule is CC(C)C[C@H](NC(=O)c1cc2ccccc2o1)C(=O)N[C@@H](CC(=O)O)C(=O)NC(C)(O)CC(N)=O. The van der Waals surface area contributed by atoms with E-state index in [9.17, 15) is 34.2 Å². The number of aliphatic hydroxyl groups is 1. The van der Waals surface area contributed by atoms with E-state index >= 15 is 0 Å². The average molecular weight is 491 g/mol. The maximum atomic E-state index is 13.0. The molecule has 190 valence electrons. The van der Waals surface area contributed by atoms with E-state index in [1.54, 1.807) is 24.3 Å². The molecule has 12 nitrogen and oxygen atoms in total. The van der Waals surface area contributed by atoms with Crippen LogP contribution in [0.5, 0.6) is 0 Å². The summed E-state index contributed by atoms with van der Waals surface area (Å²) in [5, 5.41) is 27.0. The summed E-state index contributed by atoms with van der Waals surface area (Å²) in [5.74, 6) is -4.88. The topological polar surface area (TPSA) is 201 Å². The molecule has 0 aliphatic carbocycles. The van der Waals surface area contributed by atoms with Crippen molar-refractivity contribution >= 4 is 40.6 Å². The predicted octanol–water partition coefficient (Wildman–Crippen LogP) is 0.237. The molecule has 0 aliphatic rings. The number of carboxylic acids is 1. The number of rotatable bonds is 12. The van der Waals surface area contributed by atoms with Crippen molar-refractivity contribution < 1.29 is 38.6 Å². The number of furan rings is 1. The van der Waals surface area contributed by atoms with Gasteiger partial charge in [-0.2, -0.15) is 0 Å². The summed E-state index contributed by atoms with van der Waals surface area (Å²) >= 11 is 0. The van der Waals surface area contributed by atoms with Gasteiger partial charge in [-0.05, 0) is 31.4 Å². The molecule has 1 unspecified atom stereocenters. The summed E-state index contributed by atoms with van der Waals surface area (Å²) in [5.41, 5.74) is 3.47. The Labute approximate surface area is 201 Å². The van der Waals surface area contributed by atoms with Gasteiger partial charge in [0.2, 0.25) is 17.7 Å². The molecule has 1 heterocycles. The first-order chi connectivity index (χ1) is 16.3. The molecule has 0 saturated heterocycles. The summed E-state index contributed by atoms with van der Waals surface area (Å²) in [6, 6.07) is 5.78. The van der Waals surface area contributed by atoms with Gasteiger partial charge in [0.15, 0.2) is 5.76 Å². The van der Waals surface area contributed by atoms with Crippen LogP contribution in [-0.2, 0) is 19.2 Å². The Balaban J connectivity index is 2.18. The number of para-hydroxylation sites is 1. The van der Waals surface area contributed by atoms with Crippen LogP contribution in [0.4, 0.5) is 0 Å². The minimum absolute atomic E-state index is 0.0184. The summed E-state index contributed by atoms with van der Waals surface area (Å²) in [6.45, 7) is 4.73. The zero-order valence-corrected chi connectivity index (χ0v) is 19.7. The number of aliphatic carboxylic acids is 1. The highest BCUT2D eigenvalue weighted by Crippen LogP contribution is 2.19. The number of hydrogen-bond acceptors (Lipinski definition) is 7. The largest absolute Gasteiger partial charge is 0.481 e. The standard InChI is InChI=1S/C23H30N4O8/c1-12(2)8-14(26-22(33)17-9-13-6-4-5-7-16(13)35-17)20(31)25-15(10-19(29)30)21(32)27-23(3,34)11-18(24)28/h4-7,9,12,14-15,34H,8,10-11H2,1-3H3,(H2,24,28)(H,25,31)(H,26,33)(H,27,32)(H,29,30)/t14-,15-,23?/m0/s1. The molecule has 1 aromatic heterocycles. The van der Waals surface area contributed by atoms with E-state index in [0.717, 1.165) is 6.92 Å². The molecule has 0 aliphatic heterocycles. The van der Waals surface area contributed by atoms with Gasteiger partial charge in [0, 0.05) is 5.39 Å². The molecule has 2 aromatic rings. The average Bonchev–Trinajstić information content (AvgIpc) is 3.15. The van der Waals surface area contributed by atoms with Gasteiger partial charge < -0.3 is 36.3 Å². The van der Waals surface area contributed by atoms with Gasteiger partial charge in [-0.25, -0.2) is 0 Å². The van der Waals surface area contributed by atoms with Crippen molar-refractivity contribution in [2.45, 2.75) is 57.8 Å². The Bertz CT molecular complexity index is 1070. The highest BCUT2D eigenvalue weighted by molar-refractivity contribution is 5.99. The van der Waals surface area contributed by atoms with Crippen molar-refractivity contribution in [2.24, 2.45) is 11.7 Å². The second kappa shape index (κ2) is 11.5. The second-order valence-corrected chi connectivity index (χ2v) is 8.87. The summed E-state index contributed by atoms with van der Waals surface area (Å²) in [6.07, 6.45) is -1.26. The van der Waals surface area contributed by atoms with Crippen molar-refractivity contribution in [3.63, 3.8) is 0 Å². The number of carboxylic acid groups (broad SMARTS) is 1. The molecule has 7 N–H and O–H groups in total. The van der Waals surface area contributed by atoms with Crippen LogP contribution in [0.3, 0.4) is 0 Å². The molecule has 0 fully saturated rings. The van der Waals surface area contributed by atoms with E-state index in [1.165, 1.54) is 6.07 Å². The lowest BCUT2D eigenvalue weighted by Crippen LogP contribution is -2.58. The third-order valence-electron chi connectivity index (χ3n) is 4.90. The molecule has 3 atom stereocenters. The number of nitrogens with two attached hydrogens (primary N) is 1. The maximum absolute atomic E-state index is 13.0. The minimum atomic E-state index is -2.06. The van der Waals surface area contributed by atoms with Crippen LogP contribution in [0.25, 0.3) is 11.0 Å². The first kappa shape index (κ1) is 27.3. The van der Waals surface area contributed by atoms with Crippen LogP contribution in [0.2, 0.25) is 0 Å². The predicted molar refractivity (Wildman–Crippen MR) is 124 cm³/mol. The van der Waals surface area contributed by atoms with Gasteiger partial charge in [-0.3, -0.25) is 24.0 Å². The molecule has 0 radical (unpaired) electrons. The van der Waals surface area contributed by atoms with E-state index in [1.807, 2.05) is 13.8 Å². The number of amides is 4. The summed E-state index contributed by atoms with van der Waals surface area (Å²) in [4.78, 5) is 60.7. The lowest BCUT2D eigenvalue weighted by Gasteiger charge is -2.27. The van der Waals surface area contributed by atoms with Crippen LogP contribution in [0.1, 0.15) is 50.6 Å². The quantitative estimate of drug-likeness (QED) is 0.227. The van der Waals surface area contributed by atoms with Crippen molar-refractivity contribution in [1.82, 2.24) is 16.0 Å². The summed E-state index contributed by atoms with van der Waals surface area (Å²) < 4.78 is 5.52. The number of nitrogens with one attached hydrogen (secondary N) is 3. The van der Waals surface area contributed by atoms with Gasteiger partial charge in [0.05, 0.1) is 12.8 Å². The van der Waals surface area contributed by atoms with E-state index in [2.05, 4.69) is 16.0 Å². The lowest BCUT2D eigenvalue weighted by atomic mass is 10.0. The van der Waals surface area contributed by atoms with Crippen LogP contribution in [-0.4, -0.2) is 57.6 Å². The fourth-order valence-corrected chi connectivity index (χ4v) is 3.42. The molecular formula is C23H30N4O8. The molecule has 0 bridgehead atoms. The Morgan fingerprint density at radius 1 is 1.06 bits per heavy atom. The van der Waals surface area contributed by atoms with Crippen LogP contribution in [0.15, 0.2) is 34.7 Å². The molecule has 0 saturated carbocycles. The molecule has 0 spiro atoms. The lowest BCUT2D eigenvalue weighted by molar-refractivity contribution is -0.143. The monoisotopic (exact) mass is 490 g/mol. The molecule has 12 heteroatoms. The van der Waals surface area contributed by atoms with Gasteiger partial charge in [-0.15, -0.1) is 0 Å². The van der Waals surface area contributed by atoms with Gasteiger partial charge in [0.1, 0.15) is 23.4 Å². The van der Waals surface area contributed by atoms with Crippen molar-refractivity contribution in [3.05, 3.63) is 36.1 Å². The molecule has 1 aromatic carbocycles. The van der Waals surface area contributed by atoms with E-state index in [-0.39, 0.29) is 18.1 Å². The smallest absolute Gasteiger partial charge is 0.305 e. The third-order valence-corrected chi connectivity index (χ3v) is 4.90. The van der Waals surface area contributed by atoms with Crippen LogP contribution >= 0.6 is 0 Å². The van der Waals surface area contributed by atoms with E-state index in [4.69, 9.17) is 10.2 Å². The fraction of sp³-hybridized carbons (Fsp3) is 0.435. The summed E-state index contributed by atoms with van der Waals surface area (Å²) in [7, 11) is 0. The van der Waals surface area contributed by atoms with Crippen molar-refractivity contribution in [1.29, 1.82) is 0 Å². The highest BCUT2D eigenvalue weighted by atomic mass is 16.4. The normalized spacial score (nSPS) is 14.5. The molecular weight excluding hydrogens is 460 g/mol. The van der Waals surface area contributed by atoms with Gasteiger partial charge >= 0.3 is 5.97 Å². The third kappa shape index (κ3) is 8.41. The number of hydrogen-bond donors (Lipinski definition) is 6. The number of primary amides is 1. The molecule has 4 amide bonds. The zero-order valence-electron chi connectivity index (χ0n) is 19.7. The number of carbonyl (C=O) groups is 5. The Morgan fingerprint density at radius 2 is 1.71 bits per heavy atom. The first-order valence-corrected chi connectivity index (χ1v) is 10.9. The van der Waals surface area contributed by atoms with E-state index < -0.39 is 60.2 Å². The number of carbonyl (C=O) groups excluding carboxylic acids is 4. The van der Waals surface area contributed by atoms with Gasteiger partial charge in [-0.1, -0.05) is 32.0 Å².